The average molecular weight is 220 g/mol. The Morgan fingerprint density at radius 1 is 1.38 bits per heavy atom. The third kappa shape index (κ3) is 2.52. The van der Waals surface area contributed by atoms with Crippen LogP contribution in [-0.4, -0.2) is 6.09 Å². The number of rotatable bonds is 4. The third-order valence-electron chi connectivity index (χ3n) is 3.07. The molecule has 0 aliphatic heterocycles. The number of carbonyl (C=O) groups is 1. The van der Waals surface area contributed by atoms with Crippen molar-refractivity contribution in [3.63, 3.8) is 0 Å². The van der Waals surface area contributed by atoms with Gasteiger partial charge in [0.05, 0.1) is 6.04 Å². The van der Waals surface area contributed by atoms with Crippen molar-refractivity contribution in [3.8, 4) is 0 Å². The van der Waals surface area contributed by atoms with Crippen molar-refractivity contribution in [2.75, 3.05) is 0 Å². The zero-order chi connectivity index (χ0) is 11.4. The number of hydrogen-bond donors (Lipinski definition) is 2. The van der Waals surface area contributed by atoms with Gasteiger partial charge in [0.1, 0.15) is 0 Å². The molecule has 86 valence electrons. The molecule has 16 heavy (non-hydrogen) atoms. The maximum atomic E-state index is 10.6. The molecular formula is C12H16N2O2. The van der Waals surface area contributed by atoms with Crippen molar-refractivity contribution in [3.05, 3.63) is 35.9 Å². The molecule has 1 aromatic carbocycles. The second-order valence-corrected chi connectivity index (χ2v) is 4.12. The minimum Gasteiger partial charge on any atom is -0.353 e. The molecule has 1 atom stereocenters. The quantitative estimate of drug-likeness (QED) is 0.764. The Kier molecular flexibility index (Phi) is 3.41. The molecular weight excluding hydrogens is 204 g/mol. The zero-order valence-electron chi connectivity index (χ0n) is 9.06. The molecule has 4 heteroatoms. The van der Waals surface area contributed by atoms with Crippen LogP contribution in [0.3, 0.4) is 0 Å². The van der Waals surface area contributed by atoms with Gasteiger partial charge in [0.2, 0.25) is 0 Å². The highest BCUT2D eigenvalue weighted by Crippen LogP contribution is 2.37. The molecule has 1 unspecified atom stereocenters. The first-order chi connectivity index (χ1) is 7.77. The maximum Gasteiger partial charge on any atom is 0.423 e. The first-order valence-corrected chi connectivity index (χ1v) is 5.54. The first kappa shape index (κ1) is 11.0. The van der Waals surface area contributed by atoms with E-state index < -0.39 is 6.09 Å². The predicted molar refractivity (Wildman–Crippen MR) is 60.3 cm³/mol. The molecule has 0 aromatic heterocycles. The van der Waals surface area contributed by atoms with Crippen LogP contribution in [0.4, 0.5) is 4.79 Å². The summed E-state index contributed by atoms with van der Waals surface area (Å²) in [6.07, 6.45) is 2.77. The fraction of sp³-hybridized carbons (Fsp3) is 0.417. The molecule has 2 rings (SSSR count). The van der Waals surface area contributed by atoms with E-state index in [0.717, 1.165) is 18.4 Å². The molecule has 0 saturated heterocycles. The number of hydrogen-bond acceptors (Lipinski definition) is 3. The highest BCUT2D eigenvalue weighted by atomic mass is 16.7. The molecule has 3 N–H and O–H groups in total. The van der Waals surface area contributed by atoms with E-state index in [1.807, 2.05) is 30.3 Å². The number of amides is 1. The molecule has 4 nitrogen and oxygen atoms in total. The number of benzene rings is 1. The fourth-order valence-electron chi connectivity index (χ4n) is 1.99. The van der Waals surface area contributed by atoms with E-state index in [1.54, 1.807) is 0 Å². The van der Waals surface area contributed by atoms with Gasteiger partial charge in [-0.1, -0.05) is 36.8 Å². The second kappa shape index (κ2) is 4.99. The smallest absolute Gasteiger partial charge is 0.353 e. The fourth-order valence-corrected chi connectivity index (χ4v) is 1.99. The molecule has 1 amide bonds. The van der Waals surface area contributed by atoms with Crippen molar-refractivity contribution in [1.82, 2.24) is 5.48 Å². The lowest BCUT2D eigenvalue weighted by molar-refractivity contribution is 0.0437. The van der Waals surface area contributed by atoms with Crippen molar-refractivity contribution in [2.45, 2.75) is 25.3 Å². The lowest BCUT2D eigenvalue weighted by Crippen LogP contribution is -2.35. The number of primary amides is 1. The van der Waals surface area contributed by atoms with Gasteiger partial charge in [-0.3, -0.25) is 0 Å². The minimum absolute atomic E-state index is 0.0578. The number of nitrogens with two attached hydrogens (primary N) is 1. The molecule has 1 aliphatic rings. The van der Waals surface area contributed by atoms with Crippen LogP contribution in [-0.2, 0) is 4.84 Å². The van der Waals surface area contributed by atoms with Crippen LogP contribution >= 0.6 is 0 Å². The average Bonchev–Trinajstić information content (AvgIpc) is 2.22. The Bertz CT molecular complexity index is 349. The van der Waals surface area contributed by atoms with Crippen LogP contribution in [0.25, 0.3) is 0 Å². The molecule has 1 fully saturated rings. The summed E-state index contributed by atoms with van der Waals surface area (Å²) >= 11 is 0. The summed E-state index contributed by atoms with van der Waals surface area (Å²) in [6, 6.07) is 10.0. The Labute approximate surface area is 94.7 Å². The first-order valence-electron chi connectivity index (χ1n) is 5.54. The molecule has 0 radical (unpaired) electrons. The Morgan fingerprint density at radius 2 is 2.06 bits per heavy atom. The Balaban J connectivity index is 2.05. The van der Waals surface area contributed by atoms with Crippen molar-refractivity contribution in [1.29, 1.82) is 0 Å². The van der Waals surface area contributed by atoms with E-state index in [4.69, 9.17) is 10.6 Å². The normalized spacial score (nSPS) is 17.5. The van der Waals surface area contributed by atoms with Crippen LogP contribution in [0, 0.1) is 5.92 Å². The maximum absolute atomic E-state index is 10.6. The van der Waals surface area contributed by atoms with E-state index >= 15 is 0 Å². The zero-order valence-corrected chi connectivity index (χ0v) is 9.06. The van der Waals surface area contributed by atoms with Crippen LogP contribution < -0.4 is 11.2 Å². The standard InChI is InChI=1S/C12H16N2O2/c13-12(15)16-14-11(10-7-4-8-10)9-5-2-1-3-6-9/h1-3,5-6,10-11,14H,4,7-8H2,(H2,13,15). The van der Waals surface area contributed by atoms with Gasteiger partial charge in [-0.05, 0) is 24.3 Å². The topological polar surface area (TPSA) is 64.4 Å². The molecule has 0 heterocycles. The van der Waals surface area contributed by atoms with Crippen molar-refractivity contribution in [2.24, 2.45) is 11.7 Å². The summed E-state index contributed by atoms with van der Waals surface area (Å²) in [5.74, 6) is 0.529. The highest BCUT2D eigenvalue weighted by Gasteiger charge is 2.29. The lowest BCUT2D eigenvalue weighted by Gasteiger charge is -2.33. The summed E-state index contributed by atoms with van der Waals surface area (Å²) in [5, 5.41) is 0. The Morgan fingerprint density at radius 3 is 2.56 bits per heavy atom. The third-order valence-corrected chi connectivity index (χ3v) is 3.07. The molecule has 1 aromatic rings. The van der Waals surface area contributed by atoms with Gasteiger partial charge < -0.3 is 10.6 Å². The largest absolute Gasteiger partial charge is 0.423 e. The van der Waals surface area contributed by atoms with E-state index in [-0.39, 0.29) is 6.04 Å². The number of carbonyl (C=O) groups excluding carboxylic acids is 1. The van der Waals surface area contributed by atoms with Crippen LogP contribution in [0.15, 0.2) is 30.3 Å². The number of nitrogens with one attached hydrogen (secondary N) is 1. The monoisotopic (exact) mass is 220 g/mol. The van der Waals surface area contributed by atoms with Gasteiger partial charge in [0, 0.05) is 0 Å². The summed E-state index contributed by atoms with van der Waals surface area (Å²) in [7, 11) is 0. The summed E-state index contributed by atoms with van der Waals surface area (Å²) in [5.41, 5.74) is 8.85. The Hall–Kier alpha value is -1.55. The summed E-state index contributed by atoms with van der Waals surface area (Å²) in [4.78, 5) is 15.3. The van der Waals surface area contributed by atoms with Crippen molar-refractivity contribution < 1.29 is 9.63 Å². The van der Waals surface area contributed by atoms with Gasteiger partial charge in [-0.2, -0.15) is 0 Å². The van der Waals surface area contributed by atoms with Gasteiger partial charge in [-0.25, -0.2) is 4.79 Å². The van der Waals surface area contributed by atoms with Gasteiger partial charge >= 0.3 is 6.09 Å². The molecule has 0 bridgehead atoms. The van der Waals surface area contributed by atoms with Crippen molar-refractivity contribution >= 4 is 6.09 Å². The van der Waals surface area contributed by atoms with E-state index in [2.05, 4.69) is 5.48 Å². The van der Waals surface area contributed by atoms with Gasteiger partial charge in [0.25, 0.3) is 0 Å². The van der Waals surface area contributed by atoms with E-state index in [1.165, 1.54) is 6.42 Å². The highest BCUT2D eigenvalue weighted by molar-refractivity contribution is 5.64. The number of hydroxylamine groups is 1. The van der Waals surface area contributed by atoms with Gasteiger partial charge in [0.15, 0.2) is 0 Å². The second-order valence-electron chi connectivity index (χ2n) is 4.12. The molecule has 1 saturated carbocycles. The predicted octanol–water partition coefficient (Wildman–Crippen LogP) is 2.13. The van der Waals surface area contributed by atoms with E-state index in [0.29, 0.717) is 5.92 Å². The summed E-state index contributed by atoms with van der Waals surface area (Å²) in [6.45, 7) is 0. The van der Waals surface area contributed by atoms with Crippen LogP contribution in [0.2, 0.25) is 0 Å². The van der Waals surface area contributed by atoms with E-state index in [9.17, 15) is 4.79 Å². The minimum atomic E-state index is -0.791. The molecule has 0 spiro atoms. The summed E-state index contributed by atoms with van der Waals surface area (Å²) < 4.78 is 0. The lowest BCUT2D eigenvalue weighted by atomic mass is 9.77. The van der Waals surface area contributed by atoms with Crippen LogP contribution in [0.5, 0.6) is 0 Å². The van der Waals surface area contributed by atoms with Crippen LogP contribution in [0.1, 0.15) is 30.9 Å². The SMILES string of the molecule is NC(=O)ONC(c1ccccc1)C1CCC1. The molecule has 1 aliphatic carbocycles. The van der Waals surface area contributed by atoms with Gasteiger partial charge in [-0.15, -0.1) is 5.48 Å².